The van der Waals surface area contributed by atoms with Crippen molar-refractivity contribution in [3.05, 3.63) is 59.7 Å². The third kappa shape index (κ3) is 2.70. The lowest BCUT2D eigenvalue weighted by molar-refractivity contribution is 0.305. The first-order valence-corrected chi connectivity index (χ1v) is 9.43. The van der Waals surface area contributed by atoms with Crippen LogP contribution in [0.25, 0.3) is 0 Å². The minimum atomic E-state index is -1.04. The van der Waals surface area contributed by atoms with E-state index in [0.717, 1.165) is 18.4 Å². The number of hydrogen-bond donors (Lipinski definition) is 0. The molecule has 0 radical (unpaired) electrons. The van der Waals surface area contributed by atoms with Crippen LogP contribution in [0.5, 0.6) is 0 Å². The number of fused-ring (bicyclic) bond motifs is 1. The topological polar surface area (TPSA) is 47.6 Å². The lowest BCUT2D eigenvalue weighted by Crippen LogP contribution is -2.37. The van der Waals surface area contributed by atoms with Crippen LogP contribution in [0, 0.1) is 39.4 Å². The maximum Gasteiger partial charge on any atom is 0.168 e. The van der Waals surface area contributed by atoms with Crippen LogP contribution in [0.3, 0.4) is 0 Å². The summed E-state index contributed by atoms with van der Waals surface area (Å²) < 4.78 is -0.212. The Morgan fingerprint density at radius 1 is 1.12 bits per heavy atom. The Labute approximate surface area is 158 Å². The lowest BCUT2D eigenvalue weighted by Gasteiger charge is -2.43. The van der Waals surface area contributed by atoms with Crippen molar-refractivity contribution in [1.29, 1.82) is 10.5 Å². The molecule has 0 saturated heterocycles. The Kier molecular flexibility index (Phi) is 4.34. The smallest absolute Gasteiger partial charge is 0.168 e. The number of nitrogens with zero attached hydrogens (tertiary/aromatic N) is 2. The third-order valence-electron chi connectivity index (χ3n) is 5.38. The molecule has 1 aromatic rings. The number of allylic oxidation sites excluding steroid dienone is 4. The molecule has 24 heavy (non-hydrogen) atoms. The Balaban J connectivity index is 2.23. The minimum absolute atomic E-state index is 0.0311. The molecule has 2 nitrogen and oxygen atoms in total. The number of halogens is 1. The number of rotatable bonds is 1. The lowest BCUT2D eigenvalue weighted by atomic mass is 9.62. The average Bonchev–Trinajstić information content (AvgIpc) is 2.70. The fourth-order valence-electron chi connectivity index (χ4n) is 4.00. The van der Waals surface area contributed by atoms with Crippen LogP contribution in [0.15, 0.2) is 54.1 Å². The molecule has 0 bridgehead atoms. The van der Waals surface area contributed by atoms with Gasteiger partial charge in [0.1, 0.15) is 0 Å². The molecule has 0 N–H and O–H groups in total. The van der Waals surface area contributed by atoms with Gasteiger partial charge in [-0.1, -0.05) is 85.0 Å². The van der Waals surface area contributed by atoms with E-state index in [1.54, 1.807) is 0 Å². The van der Waals surface area contributed by atoms with Gasteiger partial charge in [0.05, 0.1) is 15.6 Å². The zero-order valence-corrected chi connectivity index (χ0v) is 16.2. The van der Waals surface area contributed by atoms with E-state index in [1.807, 2.05) is 12.1 Å². The van der Waals surface area contributed by atoms with Crippen molar-refractivity contribution in [2.24, 2.45) is 16.7 Å². The second-order valence-corrected chi connectivity index (χ2v) is 9.33. The summed E-state index contributed by atoms with van der Waals surface area (Å²) in [6.07, 6.45) is 9.01. The minimum Gasteiger partial charge on any atom is -0.196 e. The van der Waals surface area contributed by atoms with Crippen LogP contribution >= 0.6 is 22.6 Å². The molecule has 0 spiro atoms. The summed E-state index contributed by atoms with van der Waals surface area (Å²) in [5.74, 6) is 0.173. The largest absolute Gasteiger partial charge is 0.196 e. The highest BCUT2D eigenvalue weighted by molar-refractivity contribution is 14.1. The number of benzene rings is 1. The van der Waals surface area contributed by atoms with Gasteiger partial charge in [-0.05, 0) is 29.4 Å². The van der Waals surface area contributed by atoms with Gasteiger partial charge in [-0.25, -0.2) is 0 Å². The Bertz CT molecular complexity index is 762. The normalized spacial score (nSPS) is 30.2. The standard InChI is InChI=1S/C21H21IN2/c1-19(2)12-9-17-18(13-19)20(14-23,15-24)10-6-11-21(17,22)16-7-4-3-5-8-16/h3-8,11,13,17H,9-10,12H2,1-2H3/t17-,21-/m1/s1. The third-order valence-corrected chi connectivity index (χ3v) is 7.12. The van der Waals surface area contributed by atoms with Gasteiger partial charge >= 0.3 is 0 Å². The highest BCUT2D eigenvalue weighted by Crippen LogP contribution is 2.57. The van der Waals surface area contributed by atoms with E-state index in [1.165, 1.54) is 5.56 Å². The molecular formula is C21H21IN2. The Hall–Kier alpha value is -1.59. The van der Waals surface area contributed by atoms with Crippen LogP contribution in [-0.2, 0) is 3.42 Å². The second-order valence-electron chi connectivity index (χ2n) is 7.55. The molecule has 0 aromatic heterocycles. The summed E-state index contributed by atoms with van der Waals surface area (Å²) in [5, 5.41) is 19.7. The number of nitriles is 2. The molecule has 0 aliphatic heterocycles. The summed E-state index contributed by atoms with van der Waals surface area (Å²) in [6, 6.07) is 15.2. The first kappa shape index (κ1) is 17.2. The van der Waals surface area contributed by atoms with Crippen LogP contribution < -0.4 is 0 Å². The Morgan fingerprint density at radius 3 is 2.42 bits per heavy atom. The summed E-state index contributed by atoms with van der Waals surface area (Å²) in [4.78, 5) is 0. The van der Waals surface area contributed by atoms with Gasteiger partial charge in [-0.3, -0.25) is 0 Å². The number of alkyl halides is 1. The van der Waals surface area contributed by atoms with E-state index < -0.39 is 5.41 Å². The van der Waals surface area contributed by atoms with Crippen LogP contribution in [0.4, 0.5) is 0 Å². The fraction of sp³-hybridized carbons (Fsp3) is 0.429. The van der Waals surface area contributed by atoms with E-state index in [9.17, 15) is 10.5 Å². The van der Waals surface area contributed by atoms with Gasteiger partial charge < -0.3 is 0 Å². The maximum absolute atomic E-state index is 9.87. The van der Waals surface area contributed by atoms with Gasteiger partial charge in [0.25, 0.3) is 0 Å². The van der Waals surface area contributed by atoms with Crippen molar-refractivity contribution in [1.82, 2.24) is 0 Å². The van der Waals surface area contributed by atoms with Gasteiger partial charge in [-0.15, -0.1) is 0 Å². The molecule has 0 amide bonds. The first-order valence-electron chi connectivity index (χ1n) is 8.35. The summed E-state index contributed by atoms with van der Waals surface area (Å²) in [5.41, 5.74) is 1.25. The Morgan fingerprint density at radius 2 is 1.79 bits per heavy atom. The van der Waals surface area contributed by atoms with E-state index in [4.69, 9.17) is 0 Å². The van der Waals surface area contributed by atoms with Crippen LogP contribution in [-0.4, -0.2) is 0 Å². The molecule has 0 fully saturated rings. The van der Waals surface area contributed by atoms with E-state index in [-0.39, 0.29) is 14.8 Å². The van der Waals surface area contributed by atoms with E-state index >= 15 is 0 Å². The van der Waals surface area contributed by atoms with Crippen molar-refractivity contribution in [3.63, 3.8) is 0 Å². The predicted octanol–water partition coefficient (Wildman–Crippen LogP) is 5.67. The molecule has 0 saturated carbocycles. The van der Waals surface area contributed by atoms with Crippen molar-refractivity contribution in [2.75, 3.05) is 0 Å². The van der Waals surface area contributed by atoms with Crippen molar-refractivity contribution >= 4 is 22.6 Å². The average molecular weight is 428 g/mol. The second kappa shape index (κ2) is 6.05. The summed E-state index contributed by atoms with van der Waals surface area (Å²) >= 11 is 2.53. The fourth-order valence-corrected chi connectivity index (χ4v) is 5.26. The molecule has 0 unspecified atom stereocenters. The highest BCUT2D eigenvalue weighted by Gasteiger charge is 2.50. The monoisotopic (exact) mass is 428 g/mol. The molecule has 122 valence electrons. The highest BCUT2D eigenvalue weighted by atomic mass is 127. The van der Waals surface area contributed by atoms with E-state index in [0.29, 0.717) is 6.42 Å². The van der Waals surface area contributed by atoms with Crippen LogP contribution in [0.1, 0.15) is 38.7 Å². The molecule has 0 heterocycles. The molecule has 2 aliphatic carbocycles. The van der Waals surface area contributed by atoms with Crippen LogP contribution in [0.2, 0.25) is 0 Å². The van der Waals surface area contributed by atoms with Crippen molar-refractivity contribution in [3.8, 4) is 12.1 Å². The zero-order valence-electron chi connectivity index (χ0n) is 14.1. The quantitative estimate of drug-likeness (QED) is 0.329. The molecule has 2 atom stereocenters. The molecular weight excluding hydrogens is 407 g/mol. The number of hydrogen-bond acceptors (Lipinski definition) is 2. The molecule has 2 aliphatic rings. The van der Waals surface area contributed by atoms with Gasteiger partial charge in [0.15, 0.2) is 5.41 Å². The van der Waals surface area contributed by atoms with Crippen molar-refractivity contribution in [2.45, 2.75) is 36.5 Å². The molecule has 3 heteroatoms. The summed E-state index contributed by atoms with van der Waals surface area (Å²) in [6.45, 7) is 4.40. The summed E-state index contributed by atoms with van der Waals surface area (Å²) in [7, 11) is 0. The van der Waals surface area contributed by atoms with Crippen molar-refractivity contribution < 1.29 is 0 Å². The van der Waals surface area contributed by atoms with E-state index in [2.05, 4.69) is 85.0 Å². The maximum atomic E-state index is 9.87. The molecule has 3 rings (SSSR count). The molecule has 1 aromatic carbocycles. The zero-order chi connectivity index (χ0) is 17.4. The first-order chi connectivity index (χ1) is 11.4. The van der Waals surface area contributed by atoms with Gasteiger partial charge in [0.2, 0.25) is 0 Å². The predicted molar refractivity (Wildman–Crippen MR) is 104 cm³/mol. The van der Waals surface area contributed by atoms with Gasteiger partial charge in [0, 0.05) is 12.3 Å². The van der Waals surface area contributed by atoms with Gasteiger partial charge in [-0.2, -0.15) is 10.5 Å². The SMILES string of the molecule is CC1(C)C=C2[C@@H](CC1)[C@](I)(c1ccccc1)C=CCC2(C#N)C#N.